The Balaban J connectivity index is 0.000000280. The van der Waals surface area contributed by atoms with E-state index in [9.17, 15) is 0 Å². The SMILES string of the molecule is C=Cc1cc2n(n1)CCCNC2.CN(C)C. The molecule has 4 nitrogen and oxygen atoms in total. The zero-order valence-corrected chi connectivity index (χ0v) is 10.5. The van der Waals surface area contributed by atoms with Gasteiger partial charge in [-0.1, -0.05) is 6.58 Å². The second-order valence-corrected chi connectivity index (χ2v) is 4.36. The molecule has 0 atom stereocenters. The number of hydrogen-bond donors (Lipinski definition) is 1. The van der Waals surface area contributed by atoms with Crippen LogP contribution in [0.4, 0.5) is 0 Å². The van der Waals surface area contributed by atoms with Crippen LogP contribution in [-0.4, -0.2) is 42.4 Å². The van der Waals surface area contributed by atoms with E-state index < -0.39 is 0 Å². The molecule has 0 saturated carbocycles. The fourth-order valence-corrected chi connectivity index (χ4v) is 1.48. The molecule has 2 heterocycles. The topological polar surface area (TPSA) is 33.1 Å². The standard InChI is InChI=1S/C9H13N3.C3H9N/c1-2-8-6-9-7-10-4-3-5-12(9)11-8;1-4(2)3/h2,6,10H,1,3-5,7H2;1-3H3. The second-order valence-electron chi connectivity index (χ2n) is 4.36. The molecule has 1 aromatic heterocycles. The molecule has 0 radical (unpaired) electrons. The minimum Gasteiger partial charge on any atom is -0.312 e. The Kier molecular flexibility index (Phi) is 5.22. The normalized spacial score (nSPS) is 14.8. The molecule has 1 aromatic rings. The number of nitrogens with one attached hydrogen (secondary N) is 1. The lowest BCUT2D eigenvalue weighted by atomic mass is 10.3. The average molecular weight is 222 g/mol. The molecule has 2 rings (SSSR count). The van der Waals surface area contributed by atoms with E-state index in [2.05, 4.69) is 27.7 Å². The second kappa shape index (κ2) is 6.45. The molecule has 0 bridgehead atoms. The summed E-state index contributed by atoms with van der Waals surface area (Å²) < 4.78 is 2.07. The van der Waals surface area contributed by atoms with Crippen molar-refractivity contribution in [3.05, 3.63) is 24.0 Å². The van der Waals surface area contributed by atoms with Crippen LogP contribution in [0.5, 0.6) is 0 Å². The predicted molar refractivity (Wildman–Crippen MR) is 68.3 cm³/mol. The van der Waals surface area contributed by atoms with Crippen molar-refractivity contribution in [2.24, 2.45) is 0 Å². The smallest absolute Gasteiger partial charge is 0.0848 e. The highest BCUT2D eigenvalue weighted by atomic mass is 15.3. The van der Waals surface area contributed by atoms with Crippen molar-refractivity contribution in [2.45, 2.75) is 19.5 Å². The molecule has 1 aliphatic heterocycles. The minimum absolute atomic E-state index is 0.931. The van der Waals surface area contributed by atoms with Crippen LogP contribution in [0, 0.1) is 0 Å². The van der Waals surface area contributed by atoms with Crippen LogP contribution in [0.25, 0.3) is 6.08 Å². The summed E-state index contributed by atoms with van der Waals surface area (Å²) in [5.41, 5.74) is 2.25. The molecule has 0 aromatic carbocycles. The first-order valence-electron chi connectivity index (χ1n) is 5.64. The fraction of sp³-hybridized carbons (Fsp3) is 0.583. The van der Waals surface area contributed by atoms with Gasteiger partial charge in [0.05, 0.1) is 11.4 Å². The number of aryl methyl sites for hydroxylation is 1. The molecule has 0 fully saturated rings. The zero-order chi connectivity index (χ0) is 12.0. The number of aromatic nitrogens is 2. The van der Waals surface area contributed by atoms with Gasteiger partial charge in [0.2, 0.25) is 0 Å². The number of nitrogens with zero attached hydrogens (tertiary/aromatic N) is 3. The monoisotopic (exact) mass is 222 g/mol. The molecule has 4 heteroatoms. The van der Waals surface area contributed by atoms with Crippen LogP contribution in [0.1, 0.15) is 17.8 Å². The maximum atomic E-state index is 4.39. The van der Waals surface area contributed by atoms with Gasteiger partial charge >= 0.3 is 0 Å². The van der Waals surface area contributed by atoms with Crippen molar-refractivity contribution in [3.8, 4) is 0 Å². The Hall–Kier alpha value is -1.13. The summed E-state index contributed by atoms with van der Waals surface area (Å²) >= 11 is 0. The summed E-state index contributed by atoms with van der Waals surface area (Å²) in [6.45, 7) is 6.75. The molecule has 0 aliphatic carbocycles. The van der Waals surface area contributed by atoms with Crippen molar-refractivity contribution >= 4 is 6.08 Å². The molecule has 16 heavy (non-hydrogen) atoms. The van der Waals surface area contributed by atoms with Crippen molar-refractivity contribution in [1.29, 1.82) is 0 Å². The largest absolute Gasteiger partial charge is 0.312 e. The Morgan fingerprint density at radius 3 is 2.81 bits per heavy atom. The summed E-state index contributed by atoms with van der Waals surface area (Å²) in [5, 5.41) is 7.73. The van der Waals surface area contributed by atoms with Gasteiger partial charge < -0.3 is 10.2 Å². The van der Waals surface area contributed by atoms with Gasteiger partial charge in [-0.05, 0) is 46.3 Å². The first-order valence-corrected chi connectivity index (χ1v) is 5.64. The highest BCUT2D eigenvalue weighted by Crippen LogP contribution is 2.08. The van der Waals surface area contributed by atoms with Gasteiger partial charge in [0.25, 0.3) is 0 Å². The quantitative estimate of drug-likeness (QED) is 0.775. The molecule has 1 N–H and O–H groups in total. The van der Waals surface area contributed by atoms with Gasteiger partial charge in [-0.2, -0.15) is 5.10 Å². The lowest BCUT2D eigenvalue weighted by Gasteiger charge is -1.98. The molecule has 0 unspecified atom stereocenters. The third-order valence-electron chi connectivity index (χ3n) is 2.12. The number of hydrogen-bond acceptors (Lipinski definition) is 3. The van der Waals surface area contributed by atoms with Crippen LogP contribution in [0.2, 0.25) is 0 Å². The van der Waals surface area contributed by atoms with Crippen LogP contribution < -0.4 is 5.32 Å². The Morgan fingerprint density at radius 2 is 2.19 bits per heavy atom. The Morgan fingerprint density at radius 1 is 1.50 bits per heavy atom. The van der Waals surface area contributed by atoms with Gasteiger partial charge in [0, 0.05) is 13.1 Å². The van der Waals surface area contributed by atoms with Crippen molar-refractivity contribution in [1.82, 2.24) is 20.0 Å². The zero-order valence-electron chi connectivity index (χ0n) is 10.5. The first kappa shape index (κ1) is 12.9. The summed E-state index contributed by atoms with van der Waals surface area (Å²) in [5.74, 6) is 0. The van der Waals surface area contributed by atoms with Gasteiger partial charge in [-0.15, -0.1) is 0 Å². The van der Waals surface area contributed by atoms with Crippen LogP contribution in [0.15, 0.2) is 12.6 Å². The lowest BCUT2D eigenvalue weighted by Crippen LogP contribution is -2.11. The number of fused-ring (bicyclic) bond motifs is 1. The van der Waals surface area contributed by atoms with Gasteiger partial charge in [0.15, 0.2) is 0 Å². The maximum Gasteiger partial charge on any atom is 0.0848 e. The maximum absolute atomic E-state index is 4.39. The highest BCUT2D eigenvalue weighted by molar-refractivity contribution is 5.41. The molecular weight excluding hydrogens is 200 g/mol. The summed E-state index contributed by atoms with van der Waals surface area (Å²) in [7, 11) is 6.00. The number of rotatable bonds is 1. The van der Waals surface area contributed by atoms with Gasteiger partial charge in [0.1, 0.15) is 0 Å². The van der Waals surface area contributed by atoms with Crippen molar-refractivity contribution in [2.75, 3.05) is 27.7 Å². The van der Waals surface area contributed by atoms with Gasteiger partial charge in [-0.25, -0.2) is 0 Å². The highest BCUT2D eigenvalue weighted by Gasteiger charge is 2.08. The summed E-state index contributed by atoms with van der Waals surface area (Å²) in [6.07, 6.45) is 2.95. The van der Waals surface area contributed by atoms with E-state index in [-0.39, 0.29) is 0 Å². The fourth-order valence-electron chi connectivity index (χ4n) is 1.48. The molecule has 0 amide bonds. The summed E-state index contributed by atoms with van der Waals surface area (Å²) in [4.78, 5) is 2.00. The molecule has 0 spiro atoms. The molecular formula is C12H22N4. The molecule has 90 valence electrons. The first-order chi connectivity index (χ1) is 7.63. The Labute approximate surface area is 97.9 Å². The van der Waals surface area contributed by atoms with E-state index in [0.717, 1.165) is 31.7 Å². The van der Waals surface area contributed by atoms with Gasteiger partial charge in [-0.3, -0.25) is 4.68 Å². The third-order valence-corrected chi connectivity index (χ3v) is 2.12. The van der Waals surface area contributed by atoms with E-state index in [4.69, 9.17) is 0 Å². The molecule has 1 aliphatic rings. The van der Waals surface area contributed by atoms with E-state index in [0.29, 0.717) is 0 Å². The van der Waals surface area contributed by atoms with E-state index in [1.54, 1.807) is 6.08 Å². The van der Waals surface area contributed by atoms with E-state index in [1.165, 1.54) is 5.69 Å². The van der Waals surface area contributed by atoms with E-state index >= 15 is 0 Å². The van der Waals surface area contributed by atoms with E-state index in [1.807, 2.05) is 26.0 Å². The average Bonchev–Trinajstić information content (AvgIpc) is 2.48. The van der Waals surface area contributed by atoms with Crippen molar-refractivity contribution < 1.29 is 0 Å². The van der Waals surface area contributed by atoms with Crippen molar-refractivity contribution in [3.63, 3.8) is 0 Å². The predicted octanol–water partition coefficient (Wildman–Crippen LogP) is 1.20. The molecule has 0 saturated heterocycles. The third kappa shape index (κ3) is 4.16. The Bertz CT molecular complexity index is 302. The summed E-state index contributed by atoms with van der Waals surface area (Å²) in [6, 6.07) is 2.09. The van der Waals surface area contributed by atoms with Crippen LogP contribution in [0.3, 0.4) is 0 Å². The van der Waals surface area contributed by atoms with Crippen LogP contribution >= 0.6 is 0 Å². The van der Waals surface area contributed by atoms with Crippen LogP contribution in [-0.2, 0) is 13.1 Å². The minimum atomic E-state index is 0.931. The lowest BCUT2D eigenvalue weighted by molar-refractivity contribution is 0.505.